The van der Waals surface area contributed by atoms with E-state index >= 15 is 0 Å². The van der Waals surface area contributed by atoms with Crippen LogP contribution in [-0.4, -0.2) is 42.8 Å². The minimum absolute atomic E-state index is 0. The molecule has 3 aromatic heterocycles. The largest absolute Gasteiger partial charge is 0.464 e. The second-order valence-corrected chi connectivity index (χ2v) is 4.72. The Labute approximate surface area is 143 Å². The summed E-state index contributed by atoms with van der Waals surface area (Å²) in [6.45, 7) is 1.09. The second kappa shape index (κ2) is 7.70. The molecule has 3 heterocycles. The Bertz CT molecular complexity index is 810. The van der Waals surface area contributed by atoms with Crippen LogP contribution in [0.4, 0.5) is 0 Å². The molecule has 0 aromatic carbocycles. The van der Waals surface area contributed by atoms with Crippen molar-refractivity contribution in [1.29, 1.82) is 0 Å². The number of hydrogen-bond acceptors (Lipinski definition) is 8. The molecule has 3 rings (SSSR count). The molecular formula is C13H16ClN7O3. The number of carbonyl (C=O) groups is 1. The van der Waals surface area contributed by atoms with E-state index in [1.807, 2.05) is 0 Å². The standard InChI is InChI=1S/C13H15N7O3.ClH/c1-22-13(21)10-2-3-19(17-10)5-9-6-20(18-16-9)7-11-12(4-14)23-8-15-11;/h2-3,6,8H,4-5,7,14H2,1H3;1H. The lowest BCUT2D eigenvalue weighted by Gasteiger charge is -1.98. The van der Waals surface area contributed by atoms with E-state index in [1.165, 1.54) is 13.5 Å². The minimum Gasteiger partial charge on any atom is -0.464 e. The summed E-state index contributed by atoms with van der Waals surface area (Å²) in [5.41, 5.74) is 7.23. The van der Waals surface area contributed by atoms with Gasteiger partial charge in [-0.1, -0.05) is 5.21 Å². The maximum atomic E-state index is 11.4. The third kappa shape index (κ3) is 3.78. The Kier molecular flexibility index (Phi) is 5.66. The van der Waals surface area contributed by atoms with Crippen molar-refractivity contribution in [2.75, 3.05) is 7.11 Å². The first-order chi connectivity index (χ1) is 11.2. The van der Waals surface area contributed by atoms with Gasteiger partial charge in [0.2, 0.25) is 0 Å². The SMILES string of the molecule is COC(=O)c1ccn(Cc2cn(Cc3ncoc3CN)nn2)n1.Cl. The fraction of sp³-hybridized carbons (Fsp3) is 0.308. The number of methoxy groups -OCH3 is 1. The smallest absolute Gasteiger partial charge is 0.358 e. The fourth-order valence-electron chi connectivity index (χ4n) is 2.06. The topological polar surface area (TPSA) is 127 Å². The highest BCUT2D eigenvalue weighted by Crippen LogP contribution is 2.08. The minimum atomic E-state index is -0.479. The van der Waals surface area contributed by atoms with E-state index in [-0.39, 0.29) is 24.6 Å². The molecule has 0 atom stereocenters. The predicted molar refractivity (Wildman–Crippen MR) is 83.4 cm³/mol. The molecule has 24 heavy (non-hydrogen) atoms. The number of nitrogens with zero attached hydrogens (tertiary/aromatic N) is 6. The zero-order chi connectivity index (χ0) is 16.2. The summed E-state index contributed by atoms with van der Waals surface area (Å²) >= 11 is 0. The Morgan fingerprint density at radius 2 is 2.21 bits per heavy atom. The molecular weight excluding hydrogens is 338 g/mol. The van der Waals surface area contributed by atoms with Crippen molar-refractivity contribution in [3.05, 3.63) is 47.7 Å². The number of aromatic nitrogens is 6. The second-order valence-electron chi connectivity index (χ2n) is 4.72. The molecule has 0 radical (unpaired) electrons. The summed E-state index contributed by atoms with van der Waals surface area (Å²) in [5, 5.41) is 12.2. The summed E-state index contributed by atoms with van der Waals surface area (Å²) in [5.74, 6) is 0.143. The molecule has 0 bridgehead atoms. The van der Waals surface area contributed by atoms with Gasteiger partial charge in [-0.05, 0) is 6.07 Å². The molecule has 0 aliphatic heterocycles. The van der Waals surface area contributed by atoms with Gasteiger partial charge in [0.05, 0.1) is 32.9 Å². The van der Waals surface area contributed by atoms with Crippen LogP contribution in [0, 0.1) is 0 Å². The molecule has 0 aliphatic carbocycles. The van der Waals surface area contributed by atoms with Gasteiger partial charge in [0.15, 0.2) is 12.1 Å². The molecule has 0 unspecified atom stereocenters. The third-order valence-electron chi connectivity index (χ3n) is 3.17. The van der Waals surface area contributed by atoms with Crippen LogP contribution in [-0.2, 0) is 24.4 Å². The average molecular weight is 354 g/mol. The van der Waals surface area contributed by atoms with Gasteiger partial charge in [-0.2, -0.15) is 5.10 Å². The number of esters is 1. The number of carbonyl (C=O) groups excluding carboxylic acids is 1. The third-order valence-corrected chi connectivity index (χ3v) is 3.17. The van der Waals surface area contributed by atoms with E-state index < -0.39 is 5.97 Å². The van der Waals surface area contributed by atoms with E-state index in [9.17, 15) is 4.79 Å². The Morgan fingerprint density at radius 1 is 1.38 bits per heavy atom. The van der Waals surface area contributed by atoms with Crippen LogP contribution in [0.25, 0.3) is 0 Å². The lowest BCUT2D eigenvalue weighted by atomic mass is 10.3. The van der Waals surface area contributed by atoms with E-state index in [0.717, 1.165) is 5.69 Å². The van der Waals surface area contributed by atoms with E-state index in [4.69, 9.17) is 10.2 Å². The van der Waals surface area contributed by atoms with Crippen LogP contribution in [0.3, 0.4) is 0 Å². The summed E-state index contributed by atoms with van der Waals surface area (Å²) in [7, 11) is 1.31. The van der Waals surface area contributed by atoms with Gasteiger partial charge in [-0.3, -0.25) is 4.68 Å². The zero-order valence-electron chi connectivity index (χ0n) is 12.8. The highest BCUT2D eigenvalue weighted by molar-refractivity contribution is 5.86. The van der Waals surface area contributed by atoms with Gasteiger partial charge < -0.3 is 14.9 Å². The van der Waals surface area contributed by atoms with E-state index in [2.05, 4.69) is 25.1 Å². The molecule has 10 nitrogen and oxygen atoms in total. The van der Waals surface area contributed by atoms with Crippen molar-refractivity contribution in [3.63, 3.8) is 0 Å². The maximum Gasteiger partial charge on any atom is 0.358 e. The van der Waals surface area contributed by atoms with Crippen LogP contribution in [0.1, 0.15) is 27.6 Å². The number of oxazole rings is 1. The lowest BCUT2D eigenvalue weighted by Crippen LogP contribution is -2.06. The van der Waals surface area contributed by atoms with Gasteiger partial charge in [-0.25, -0.2) is 14.5 Å². The van der Waals surface area contributed by atoms with E-state index in [1.54, 1.807) is 27.8 Å². The molecule has 0 fully saturated rings. The van der Waals surface area contributed by atoms with Crippen molar-refractivity contribution < 1.29 is 13.9 Å². The molecule has 11 heteroatoms. The maximum absolute atomic E-state index is 11.4. The van der Waals surface area contributed by atoms with Gasteiger partial charge in [0.1, 0.15) is 17.1 Å². The van der Waals surface area contributed by atoms with Gasteiger partial charge in [0, 0.05) is 6.20 Å². The molecule has 0 amide bonds. The Balaban J connectivity index is 0.00000208. The van der Waals surface area contributed by atoms with Crippen molar-refractivity contribution in [1.82, 2.24) is 29.8 Å². The van der Waals surface area contributed by atoms with Crippen molar-refractivity contribution in [2.24, 2.45) is 5.73 Å². The zero-order valence-corrected chi connectivity index (χ0v) is 13.6. The normalized spacial score (nSPS) is 10.4. The van der Waals surface area contributed by atoms with Crippen LogP contribution in [0.5, 0.6) is 0 Å². The predicted octanol–water partition coefficient (Wildman–Crippen LogP) is 0.226. The van der Waals surface area contributed by atoms with Crippen molar-refractivity contribution >= 4 is 18.4 Å². The Morgan fingerprint density at radius 3 is 2.96 bits per heavy atom. The summed E-state index contributed by atoms with van der Waals surface area (Å²) in [6, 6.07) is 1.58. The number of ether oxygens (including phenoxy) is 1. The quantitative estimate of drug-likeness (QED) is 0.624. The Hall–Kier alpha value is -2.72. The lowest BCUT2D eigenvalue weighted by molar-refractivity contribution is 0.0593. The molecule has 3 aromatic rings. The first kappa shape index (κ1) is 17.6. The number of halogens is 1. The van der Waals surface area contributed by atoms with Crippen LogP contribution >= 0.6 is 12.4 Å². The van der Waals surface area contributed by atoms with Crippen LogP contribution in [0.2, 0.25) is 0 Å². The van der Waals surface area contributed by atoms with Crippen molar-refractivity contribution in [2.45, 2.75) is 19.6 Å². The molecule has 0 aliphatic rings. The fourth-order valence-corrected chi connectivity index (χ4v) is 2.06. The van der Waals surface area contributed by atoms with Crippen molar-refractivity contribution in [3.8, 4) is 0 Å². The monoisotopic (exact) mass is 353 g/mol. The highest BCUT2D eigenvalue weighted by atomic mass is 35.5. The molecule has 0 saturated carbocycles. The summed E-state index contributed by atoms with van der Waals surface area (Å²) < 4.78 is 13.0. The molecule has 2 N–H and O–H groups in total. The molecule has 0 saturated heterocycles. The number of hydrogen-bond donors (Lipinski definition) is 1. The number of rotatable bonds is 6. The van der Waals surface area contributed by atoms with E-state index in [0.29, 0.717) is 24.5 Å². The summed E-state index contributed by atoms with van der Waals surface area (Å²) in [4.78, 5) is 15.5. The molecule has 128 valence electrons. The van der Waals surface area contributed by atoms with Crippen LogP contribution in [0.15, 0.2) is 29.3 Å². The highest BCUT2D eigenvalue weighted by Gasteiger charge is 2.11. The van der Waals surface area contributed by atoms with Crippen LogP contribution < -0.4 is 5.73 Å². The van der Waals surface area contributed by atoms with Gasteiger partial charge in [-0.15, -0.1) is 17.5 Å². The number of nitrogens with two attached hydrogens (primary N) is 1. The average Bonchev–Trinajstić information content (AvgIpc) is 3.29. The first-order valence-electron chi connectivity index (χ1n) is 6.81. The first-order valence-corrected chi connectivity index (χ1v) is 6.81. The summed E-state index contributed by atoms with van der Waals surface area (Å²) in [6.07, 6.45) is 4.80. The van der Waals surface area contributed by atoms with Gasteiger partial charge >= 0.3 is 5.97 Å². The molecule has 0 spiro atoms. The van der Waals surface area contributed by atoms with Gasteiger partial charge in [0.25, 0.3) is 0 Å².